The van der Waals surface area contributed by atoms with E-state index in [4.69, 9.17) is 4.74 Å². The molecule has 0 radical (unpaired) electrons. The topological polar surface area (TPSA) is 30.5 Å². The average Bonchev–Trinajstić information content (AvgIpc) is 2.23. The molecule has 0 aliphatic rings. The molecule has 96 valence electrons. The number of anilines is 1. The summed E-state index contributed by atoms with van der Waals surface area (Å²) in [5.41, 5.74) is 1.64. The number of hydrogen-bond acceptors (Lipinski definition) is 3. The number of rotatable bonds is 5. The van der Waals surface area contributed by atoms with Crippen molar-refractivity contribution in [3.05, 3.63) is 23.8 Å². The van der Waals surface area contributed by atoms with Gasteiger partial charge in [0, 0.05) is 6.54 Å². The van der Waals surface area contributed by atoms with E-state index in [0.29, 0.717) is 11.4 Å². The van der Waals surface area contributed by atoms with Gasteiger partial charge in [0.1, 0.15) is 5.75 Å². The Balaban J connectivity index is 2.48. The highest BCUT2D eigenvalue weighted by Gasteiger charge is 2.28. The molecule has 0 saturated carbocycles. The molecule has 0 heterocycles. The Morgan fingerprint density at radius 3 is 2.59 bits per heavy atom. The molecule has 17 heavy (non-hydrogen) atoms. The molecule has 1 aromatic carbocycles. The molecule has 0 fully saturated rings. The summed E-state index contributed by atoms with van der Waals surface area (Å²) in [4.78, 5) is 0. The van der Waals surface area contributed by atoms with E-state index in [0.717, 1.165) is 5.56 Å². The Hall–Kier alpha value is -1.43. The van der Waals surface area contributed by atoms with Crippen LogP contribution in [-0.2, 0) is 4.74 Å². The average molecular weight is 249 g/mol. The summed E-state index contributed by atoms with van der Waals surface area (Å²) in [6.45, 7) is 1.50. The molecule has 1 aromatic rings. The maximum Gasteiger partial charge on any atom is 0.522 e. The van der Waals surface area contributed by atoms with Gasteiger partial charge in [-0.15, -0.1) is 13.2 Å². The van der Waals surface area contributed by atoms with Crippen molar-refractivity contribution in [1.82, 2.24) is 0 Å². The minimum absolute atomic E-state index is 0.0549. The first-order valence-electron chi connectivity index (χ1n) is 5.01. The molecule has 1 N–H and O–H groups in total. The van der Waals surface area contributed by atoms with Crippen LogP contribution in [0.2, 0.25) is 0 Å². The molecule has 0 aromatic heterocycles. The van der Waals surface area contributed by atoms with Gasteiger partial charge in [0.15, 0.2) is 0 Å². The third-order valence-corrected chi connectivity index (χ3v) is 2.04. The molecule has 0 amide bonds. The van der Waals surface area contributed by atoms with Gasteiger partial charge in [-0.2, -0.15) is 0 Å². The third kappa shape index (κ3) is 4.95. The summed E-state index contributed by atoms with van der Waals surface area (Å²) in [5, 5.41) is 2.83. The fourth-order valence-electron chi connectivity index (χ4n) is 1.31. The van der Waals surface area contributed by atoms with E-state index in [1.54, 1.807) is 12.1 Å². The molecule has 1 rings (SSSR count). The van der Waals surface area contributed by atoms with Crippen molar-refractivity contribution in [2.24, 2.45) is 0 Å². The summed E-state index contributed by atoms with van der Waals surface area (Å²) in [6.07, 6.45) is -4.58. The van der Waals surface area contributed by atoms with Crippen molar-refractivity contribution in [2.75, 3.05) is 25.6 Å². The zero-order valence-corrected chi connectivity index (χ0v) is 9.60. The van der Waals surface area contributed by atoms with Crippen molar-refractivity contribution in [1.29, 1.82) is 0 Å². The number of nitrogens with one attached hydrogen (secondary N) is 1. The number of hydrogen-bond donors (Lipinski definition) is 1. The van der Waals surface area contributed by atoms with Crippen LogP contribution in [-0.4, -0.2) is 26.6 Å². The van der Waals surface area contributed by atoms with Crippen LogP contribution in [0.25, 0.3) is 0 Å². The number of alkyl halides is 3. The van der Waals surface area contributed by atoms with Crippen molar-refractivity contribution in [3.63, 3.8) is 0 Å². The number of ether oxygens (including phenoxy) is 2. The zero-order chi connectivity index (χ0) is 12.9. The summed E-state index contributed by atoms with van der Waals surface area (Å²) in [7, 11) is 1.50. The van der Waals surface area contributed by atoms with Crippen LogP contribution in [0, 0.1) is 6.92 Å². The van der Waals surface area contributed by atoms with Gasteiger partial charge in [-0.25, -0.2) is 0 Å². The van der Waals surface area contributed by atoms with E-state index in [-0.39, 0.29) is 6.54 Å². The Labute approximate surface area is 97.5 Å². The molecular formula is C11H14F3NO2. The van der Waals surface area contributed by atoms with Crippen LogP contribution >= 0.6 is 0 Å². The van der Waals surface area contributed by atoms with Crippen LogP contribution in [0.5, 0.6) is 5.75 Å². The van der Waals surface area contributed by atoms with Gasteiger partial charge < -0.3 is 10.1 Å². The second kappa shape index (κ2) is 5.77. The van der Waals surface area contributed by atoms with E-state index in [9.17, 15) is 13.2 Å². The molecule has 3 nitrogen and oxygen atoms in total. The fraction of sp³-hybridized carbons (Fsp3) is 0.455. The Bertz CT molecular complexity index is 366. The lowest BCUT2D eigenvalue weighted by Gasteiger charge is -2.12. The highest BCUT2D eigenvalue weighted by Crippen LogP contribution is 2.25. The standard InChI is InChI=1S/C11H14F3NO2/c1-8-3-4-10(16-2)9(7-8)15-5-6-17-11(12,13)14/h3-4,7,15H,5-6H2,1-2H3. The highest BCUT2D eigenvalue weighted by atomic mass is 19.4. The maximum atomic E-state index is 11.7. The summed E-state index contributed by atoms with van der Waals surface area (Å²) < 4.78 is 43.9. The van der Waals surface area contributed by atoms with Crippen molar-refractivity contribution in [3.8, 4) is 5.75 Å². The van der Waals surface area contributed by atoms with E-state index in [2.05, 4.69) is 10.1 Å². The van der Waals surface area contributed by atoms with Crippen molar-refractivity contribution in [2.45, 2.75) is 13.3 Å². The van der Waals surface area contributed by atoms with Crippen LogP contribution in [0.15, 0.2) is 18.2 Å². The highest BCUT2D eigenvalue weighted by molar-refractivity contribution is 5.57. The van der Waals surface area contributed by atoms with Gasteiger partial charge in [0.05, 0.1) is 19.4 Å². The predicted octanol–water partition coefficient (Wildman–Crippen LogP) is 2.95. The van der Waals surface area contributed by atoms with E-state index < -0.39 is 13.0 Å². The van der Waals surface area contributed by atoms with Crippen LogP contribution < -0.4 is 10.1 Å². The molecule has 0 saturated heterocycles. The quantitative estimate of drug-likeness (QED) is 0.814. The minimum atomic E-state index is -4.58. The summed E-state index contributed by atoms with van der Waals surface area (Å²) >= 11 is 0. The molecule has 0 aliphatic heterocycles. The lowest BCUT2D eigenvalue weighted by Crippen LogP contribution is -2.19. The molecule has 0 spiro atoms. The van der Waals surface area contributed by atoms with Gasteiger partial charge in [0.2, 0.25) is 0 Å². The van der Waals surface area contributed by atoms with E-state index >= 15 is 0 Å². The van der Waals surface area contributed by atoms with E-state index in [1.807, 2.05) is 13.0 Å². The van der Waals surface area contributed by atoms with Crippen LogP contribution in [0.3, 0.4) is 0 Å². The van der Waals surface area contributed by atoms with Gasteiger partial charge in [-0.3, -0.25) is 4.74 Å². The third-order valence-electron chi connectivity index (χ3n) is 2.04. The zero-order valence-electron chi connectivity index (χ0n) is 9.60. The monoisotopic (exact) mass is 249 g/mol. The number of benzene rings is 1. The second-order valence-corrected chi connectivity index (χ2v) is 3.42. The molecule has 0 bridgehead atoms. The number of halogens is 3. The Kier molecular flexibility index (Phi) is 4.62. The molecule has 6 heteroatoms. The Morgan fingerprint density at radius 1 is 1.29 bits per heavy atom. The largest absolute Gasteiger partial charge is 0.522 e. The first kappa shape index (κ1) is 13.6. The first-order chi connectivity index (χ1) is 7.92. The van der Waals surface area contributed by atoms with Crippen molar-refractivity contribution >= 4 is 5.69 Å². The lowest BCUT2D eigenvalue weighted by molar-refractivity contribution is -0.322. The van der Waals surface area contributed by atoms with E-state index in [1.165, 1.54) is 7.11 Å². The predicted molar refractivity (Wildman–Crippen MR) is 58.2 cm³/mol. The molecular weight excluding hydrogens is 235 g/mol. The second-order valence-electron chi connectivity index (χ2n) is 3.42. The SMILES string of the molecule is COc1ccc(C)cc1NCCOC(F)(F)F. The van der Waals surface area contributed by atoms with Crippen molar-refractivity contribution < 1.29 is 22.6 Å². The van der Waals surface area contributed by atoms with Crippen LogP contribution in [0.1, 0.15) is 5.56 Å². The Morgan fingerprint density at radius 2 is 2.00 bits per heavy atom. The molecule has 0 unspecified atom stereocenters. The number of aryl methyl sites for hydroxylation is 1. The molecule has 0 atom stereocenters. The first-order valence-corrected chi connectivity index (χ1v) is 5.01. The lowest BCUT2D eigenvalue weighted by atomic mass is 10.2. The fourth-order valence-corrected chi connectivity index (χ4v) is 1.31. The number of methoxy groups -OCH3 is 1. The minimum Gasteiger partial charge on any atom is -0.495 e. The van der Waals surface area contributed by atoms with Crippen LogP contribution in [0.4, 0.5) is 18.9 Å². The van der Waals surface area contributed by atoms with Gasteiger partial charge >= 0.3 is 6.36 Å². The summed E-state index contributed by atoms with van der Waals surface area (Å²) in [5.74, 6) is 0.586. The van der Waals surface area contributed by atoms with Gasteiger partial charge in [0.25, 0.3) is 0 Å². The van der Waals surface area contributed by atoms with Gasteiger partial charge in [-0.05, 0) is 24.6 Å². The summed E-state index contributed by atoms with van der Waals surface area (Å²) in [6, 6.07) is 5.41. The normalized spacial score (nSPS) is 11.4. The maximum absolute atomic E-state index is 11.7. The van der Waals surface area contributed by atoms with Gasteiger partial charge in [-0.1, -0.05) is 6.07 Å². The smallest absolute Gasteiger partial charge is 0.495 e. The molecule has 0 aliphatic carbocycles.